The third-order valence-electron chi connectivity index (χ3n) is 3.66. The van der Waals surface area contributed by atoms with Crippen LogP contribution in [-0.4, -0.2) is 19.4 Å². The van der Waals surface area contributed by atoms with Crippen LogP contribution in [0, 0.1) is 0 Å². The maximum Gasteiger partial charge on any atom is 0.302 e. The van der Waals surface area contributed by atoms with Crippen LogP contribution < -0.4 is 9.47 Å². The van der Waals surface area contributed by atoms with Crippen LogP contribution in [0.15, 0.2) is 18.2 Å². The van der Waals surface area contributed by atoms with Crippen LogP contribution in [0.4, 0.5) is 0 Å². The Morgan fingerprint density at radius 3 is 2.80 bits per heavy atom. The van der Waals surface area contributed by atoms with Gasteiger partial charge in [0.05, 0.1) is 6.61 Å². The molecule has 0 fully saturated rings. The van der Waals surface area contributed by atoms with Crippen molar-refractivity contribution in [2.75, 3.05) is 13.4 Å². The molecule has 0 bridgehead atoms. The molecular weight excluding hydrogens is 256 g/mol. The highest BCUT2D eigenvalue weighted by atomic mass is 16.7. The van der Waals surface area contributed by atoms with Gasteiger partial charge in [0.15, 0.2) is 11.5 Å². The van der Waals surface area contributed by atoms with Gasteiger partial charge in [0.25, 0.3) is 0 Å². The third-order valence-corrected chi connectivity index (χ3v) is 3.66. The Morgan fingerprint density at radius 2 is 2.10 bits per heavy atom. The van der Waals surface area contributed by atoms with E-state index in [0.717, 1.165) is 29.9 Å². The van der Waals surface area contributed by atoms with E-state index in [4.69, 9.17) is 14.2 Å². The first-order valence-corrected chi connectivity index (χ1v) is 6.99. The molecule has 20 heavy (non-hydrogen) atoms. The minimum Gasteiger partial charge on any atom is -0.466 e. The number of carbonyl (C=O) groups excluding carboxylic acids is 1. The van der Waals surface area contributed by atoms with Gasteiger partial charge in [-0.25, -0.2) is 0 Å². The van der Waals surface area contributed by atoms with E-state index in [1.807, 2.05) is 6.07 Å². The molecule has 106 valence electrons. The lowest BCUT2D eigenvalue weighted by Crippen LogP contribution is -2.05. The van der Waals surface area contributed by atoms with Crippen LogP contribution in [0.3, 0.4) is 0 Å². The number of hydrogen-bond acceptors (Lipinski definition) is 4. The average molecular weight is 274 g/mol. The van der Waals surface area contributed by atoms with E-state index < -0.39 is 0 Å². The van der Waals surface area contributed by atoms with Gasteiger partial charge in [-0.15, -0.1) is 0 Å². The molecule has 2 aliphatic rings. The Bertz CT molecular complexity index is 560. The number of esters is 1. The van der Waals surface area contributed by atoms with Crippen molar-refractivity contribution in [1.29, 1.82) is 0 Å². The number of benzene rings is 1. The number of carbonyl (C=O) groups is 1. The molecule has 0 radical (unpaired) electrons. The van der Waals surface area contributed by atoms with E-state index >= 15 is 0 Å². The monoisotopic (exact) mass is 274 g/mol. The van der Waals surface area contributed by atoms with E-state index in [2.05, 4.69) is 12.1 Å². The molecule has 0 amide bonds. The van der Waals surface area contributed by atoms with E-state index in [-0.39, 0.29) is 12.8 Å². The normalized spacial score (nSPS) is 16.1. The number of allylic oxidation sites excluding steroid dienone is 2. The zero-order chi connectivity index (χ0) is 13.9. The summed E-state index contributed by atoms with van der Waals surface area (Å²) in [7, 11) is 0. The van der Waals surface area contributed by atoms with Crippen LogP contribution in [0.1, 0.15) is 37.3 Å². The fourth-order valence-corrected chi connectivity index (χ4v) is 2.71. The lowest BCUT2D eigenvalue weighted by atomic mass is 9.96. The van der Waals surface area contributed by atoms with Crippen LogP contribution in [-0.2, 0) is 16.0 Å². The fourth-order valence-electron chi connectivity index (χ4n) is 2.71. The molecule has 4 nitrogen and oxygen atoms in total. The van der Waals surface area contributed by atoms with Gasteiger partial charge in [0.1, 0.15) is 0 Å². The Hall–Kier alpha value is -1.97. The molecule has 3 rings (SSSR count). The third kappa shape index (κ3) is 2.64. The highest BCUT2D eigenvalue weighted by Crippen LogP contribution is 2.39. The molecule has 0 unspecified atom stereocenters. The van der Waals surface area contributed by atoms with Crippen LogP contribution >= 0.6 is 0 Å². The number of hydrogen-bond donors (Lipinski definition) is 0. The van der Waals surface area contributed by atoms with Gasteiger partial charge < -0.3 is 14.2 Å². The second-order valence-electron chi connectivity index (χ2n) is 5.07. The van der Waals surface area contributed by atoms with Gasteiger partial charge in [-0.05, 0) is 48.1 Å². The summed E-state index contributed by atoms with van der Waals surface area (Å²) in [5, 5.41) is 0. The molecule has 1 aromatic rings. The maximum atomic E-state index is 10.9. The second-order valence-corrected chi connectivity index (χ2v) is 5.07. The largest absolute Gasteiger partial charge is 0.466 e. The topological polar surface area (TPSA) is 44.8 Å². The summed E-state index contributed by atoms with van der Waals surface area (Å²) in [6.45, 7) is 2.11. The van der Waals surface area contributed by atoms with Crippen molar-refractivity contribution < 1.29 is 19.0 Å². The van der Waals surface area contributed by atoms with Crippen molar-refractivity contribution in [3.05, 3.63) is 29.3 Å². The van der Waals surface area contributed by atoms with Gasteiger partial charge >= 0.3 is 5.97 Å². The van der Waals surface area contributed by atoms with Gasteiger partial charge in [0.2, 0.25) is 6.79 Å². The van der Waals surface area contributed by atoms with E-state index in [0.29, 0.717) is 13.0 Å². The van der Waals surface area contributed by atoms with E-state index in [9.17, 15) is 4.79 Å². The Balaban J connectivity index is 1.87. The molecular formula is C16H18O4. The Kier molecular flexibility index (Phi) is 3.63. The van der Waals surface area contributed by atoms with Crippen molar-refractivity contribution in [2.45, 2.75) is 32.6 Å². The first kappa shape index (κ1) is 13.0. The number of ether oxygens (including phenoxy) is 3. The van der Waals surface area contributed by atoms with Crippen LogP contribution in [0.25, 0.3) is 5.57 Å². The van der Waals surface area contributed by atoms with Crippen molar-refractivity contribution in [3.8, 4) is 11.5 Å². The van der Waals surface area contributed by atoms with Crippen LogP contribution in [0.5, 0.6) is 11.5 Å². The summed E-state index contributed by atoms with van der Waals surface area (Å²) >= 11 is 0. The predicted molar refractivity (Wildman–Crippen MR) is 74.7 cm³/mol. The molecule has 0 atom stereocenters. The van der Waals surface area contributed by atoms with E-state index in [1.54, 1.807) is 0 Å². The van der Waals surface area contributed by atoms with Crippen molar-refractivity contribution in [2.24, 2.45) is 0 Å². The molecule has 0 N–H and O–H groups in total. The molecule has 1 aliphatic heterocycles. The number of rotatable bonds is 4. The average Bonchev–Trinajstić information content (AvgIpc) is 3.08. The molecule has 1 aromatic carbocycles. The summed E-state index contributed by atoms with van der Waals surface area (Å²) in [5.74, 6) is 1.35. The lowest BCUT2D eigenvalue weighted by molar-refractivity contribution is -0.140. The first-order valence-electron chi connectivity index (χ1n) is 6.99. The zero-order valence-electron chi connectivity index (χ0n) is 11.6. The standard InChI is InChI=1S/C16H18O4/c1-11(17)18-7-6-13-8-15-16(20-10-19-15)9-14(13)12-4-2-3-5-12/h4,8-9H,2-3,5-7,10H2,1H3. The highest BCUT2D eigenvalue weighted by molar-refractivity contribution is 5.73. The molecule has 1 heterocycles. The minimum atomic E-state index is -0.243. The SMILES string of the molecule is CC(=O)OCCc1cc2c(cc1C1=CCCC1)OCO2. The van der Waals surface area contributed by atoms with Gasteiger partial charge in [0, 0.05) is 13.3 Å². The first-order chi connectivity index (χ1) is 9.74. The van der Waals surface area contributed by atoms with Crippen LogP contribution in [0.2, 0.25) is 0 Å². The molecule has 0 spiro atoms. The quantitative estimate of drug-likeness (QED) is 0.791. The minimum absolute atomic E-state index is 0.243. The summed E-state index contributed by atoms with van der Waals surface area (Å²) in [5.41, 5.74) is 3.73. The Labute approximate surface area is 118 Å². The molecule has 0 saturated carbocycles. The zero-order valence-corrected chi connectivity index (χ0v) is 11.6. The summed E-state index contributed by atoms with van der Waals surface area (Å²) in [4.78, 5) is 10.9. The summed E-state index contributed by atoms with van der Waals surface area (Å²) in [6.07, 6.45) is 6.41. The predicted octanol–water partition coefficient (Wildman–Crippen LogP) is 3.09. The maximum absolute atomic E-state index is 10.9. The highest BCUT2D eigenvalue weighted by Gasteiger charge is 2.20. The van der Waals surface area contributed by atoms with Crippen molar-refractivity contribution in [1.82, 2.24) is 0 Å². The Morgan fingerprint density at radius 1 is 1.30 bits per heavy atom. The fraction of sp³-hybridized carbons (Fsp3) is 0.438. The summed E-state index contributed by atoms with van der Waals surface area (Å²) in [6, 6.07) is 4.07. The van der Waals surface area contributed by atoms with Gasteiger partial charge in [-0.1, -0.05) is 6.08 Å². The molecule has 1 aliphatic carbocycles. The number of fused-ring (bicyclic) bond motifs is 1. The smallest absolute Gasteiger partial charge is 0.302 e. The molecule has 4 heteroatoms. The van der Waals surface area contributed by atoms with Crippen molar-refractivity contribution >= 4 is 11.5 Å². The lowest BCUT2D eigenvalue weighted by Gasteiger charge is -2.12. The van der Waals surface area contributed by atoms with E-state index in [1.165, 1.54) is 24.5 Å². The summed E-state index contributed by atoms with van der Waals surface area (Å²) < 4.78 is 15.9. The molecule has 0 aromatic heterocycles. The second kappa shape index (κ2) is 5.57. The van der Waals surface area contributed by atoms with Gasteiger partial charge in [-0.2, -0.15) is 0 Å². The van der Waals surface area contributed by atoms with Gasteiger partial charge in [-0.3, -0.25) is 4.79 Å². The molecule has 0 saturated heterocycles. The van der Waals surface area contributed by atoms with Crippen molar-refractivity contribution in [3.63, 3.8) is 0 Å².